The molecule has 1 saturated heterocycles. The molecule has 0 aromatic carbocycles. The predicted octanol–water partition coefficient (Wildman–Crippen LogP) is 3.97. The molecule has 118 valence electrons. The third-order valence-corrected chi connectivity index (χ3v) is 6.17. The molecule has 0 radical (unpaired) electrons. The largest absolute Gasteiger partial charge is 0.314 e. The highest BCUT2D eigenvalue weighted by atomic mass is 32.1. The Bertz CT molecular complexity index is 397. The molecule has 1 aliphatic heterocycles. The highest BCUT2D eigenvalue weighted by molar-refractivity contribution is 7.09. The van der Waals surface area contributed by atoms with Crippen molar-refractivity contribution < 1.29 is 0 Å². The highest BCUT2D eigenvalue weighted by Crippen LogP contribution is 2.31. The predicted molar refractivity (Wildman–Crippen MR) is 92.0 cm³/mol. The van der Waals surface area contributed by atoms with Gasteiger partial charge in [0, 0.05) is 23.0 Å². The third kappa shape index (κ3) is 4.30. The van der Waals surface area contributed by atoms with Crippen LogP contribution in [0, 0.1) is 5.92 Å². The van der Waals surface area contributed by atoms with Crippen LogP contribution in [0.3, 0.4) is 0 Å². The molecule has 2 heterocycles. The summed E-state index contributed by atoms with van der Waals surface area (Å²) in [4.78, 5) is 1.51. The molecule has 3 rings (SSSR count). The quantitative estimate of drug-likeness (QED) is 0.860. The van der Waals surface area contributed by atoms with Gasteiger partial charge in [-0.3, -0.25) is 0 Å². The summed E-state index contributed by atoms with van der Waals surface area (Å²) in [6, 6.07) is 6.53. The van der Waals surface area contributed by atoms with Crippen LogP contribution in [0.5, 0.6) is 0 Å². The van der Waals surface area contributed by atoms with Crippen molar-refractivity contribution in [2.45, 2.75) is 76.4 Å². The molecule has 1 aromatic heterocycles. The minimum absolute atomic E-state index is 0.595. The van der Waals surface area contributed by atoms with Crippen LogP contribution in [-0.4, -0.2) is 24.7 Å². The lowest BCUT2D eigenvalue weighted by Gasteiger charge is -2.41. The molecule has 2 fully saturated rings. The van der Waals surface area contributed by atoms with E-state index < -0.39 is 0 Å². The topological polar surface area (TPSA) is 24.1 Å². The molecule has 4 atom stereocenters. The van der Waals surface area contributed by atoms with E-state index in [0.717, 1.165) is 18.0 Å². The minimum Gasteiger partial charge on any atom is -0.314 e. The van der Waals surface area contributed by atoms with E-state index in [1.807, 2.05) is 11.3 Å². The van der Waals surface area contributed by atoms with Crippen molar-refractivity contribution in [3.05, 3.63) is 22.4 Å². The number of rotatable bonds is 5. The van der Waals surface area contributed by atoms with Crippen molar-refractivity contribution in [1.29, 1.82) is 0 Å². The van der Waals surface area contributed by atoms with E-state index in [9.17, 15) is 0 Å². The van der Waals surface area contributed by atoms with E-state index in [4.69, 9.17) is 0 Å². The van der Waals surface area contributed by atoms with Gasteiger partial charge >= 0.3 is 0 Å². The van der Waals surface area contributed by atoms with E-state index in [-0.39, 0.29) is 0 Å². The van der Waals surface area contributed by atoms with Crippen molar-refractivity contribution in [3.8, 4) is 0 Å². The van der Waals surface area contributed by atoms with E-state index >= 15 is 0 Å². The Hall–Kier alpha value is -0.380. The molecule has 1 saturated carbocycles. The van der Waals surface area contributed by atoms with Gasteiger partial charge < -0.3 is 10.6 Å². The van der Waals surface area contributed by atoms with Crippen molar-refractivity contribution in [2.75, 3.05) is 6.54 Å². The fourth-order valence-electron chi connectivity index (χ4n) is 4.25. The molecular weight excluding hydrogens is 276 g/mol. The van der Waals surface area contributed by atoms with Gasteiger partial charge in [0.25, 0.3) is 0 Å². The lowest BCUT2D eigenvalue weighted by molar-refractivity contribution is 0.173. The van der Waals surface area contributed by atoms with Crippen molar-refractivity contribution in [3.63, 3.8) is 0 Å². The summed E-state index contributed by atoms with van der Waals surface area (Å²) in [6.45, 7) is 3.60. The van der Waals surface area contributed by atoms with Crippen LogP contribution in [0.2, 0.25) is 0 Å². The zero-order valence-electron chi connectivity index (χ0n) is 13.3. The Morgan fingerprint density at radius 2 is 2.10 bits per heavy atom. The van der Waals surface area contributed by atoms with E-state index in [1.165, 1.54) is 62.8 Å². The molecule has 0 amide bonds. The standard InChI is InChI=1S/C18H30N2S/c1-14(13-15-7-6-12-21-15)20-18-10-3-2-8-16(18)17-9-4-5-11-19-17/h6-7,12,14,16-20H,2-5,8-11,13H2,1H3. The van der Waals surface area contributed by atoms with Gasteiger partial charge in [0.2, 0.25) is 0 Å². The molecular formula is C18H30N2S. The summed E-state index contributed by atoms with van der Waals surface area (Å²) >= 11 is 1.89. The summed E-state index contributed by atoms with van der Waals surface area (Å²) in [5.74, 6) is 0.852. The van der Waals surface area contributed by atoms with Gasteiger partial charge in [-0.2, -0.15) is 0 Å². The summed E-state index contributed by atoms with van der Waals surface area (Å²) in [5, 5.41) is 9.96. The van der Waals surface area contributed by atoms with Gasteiger partial charge in [-0.15, -0.1) is 11.3 Å². The SMILES string of the molecule is CC(Cc1cccs1)NC1CCCCC1C1CCCCN1. The Morgan fingerprint density at radius 1 is 1.24 bits per heavy atom. The van der Waals surface area contributed by atoms with Crippen LogP contribution < -0.4 is 10.6 Å². The first-order chi connectivity index (χ1) is 10.3. The van der Waals surface area contributed by atoms with Crippen LogP contribution in [0.1, 0.15) is 56.7 Å². The van der Waals surface area contributed by atoms with E-state index in [0.29, 0.717) is 6.04 Å². The van der Waals surface area contributed by atoms with Crippen molar-refractivity contribution in [2.24, 2.45) is 5.92 Å². The molecule has 1 aromatic rings. The van der Waals surface area contributed by atoms with E-state index in [2.05, 4.69) is 35.1 Å². The van der Waals surface area contributed by atoms with Crippen LogP contribution in [0.4, 0.5) is 0 Å². The summed E-state index contributed by atoms with van der Waals surface area (Å²) in [6.07, 6.45) is 11.0. The lowest BCUT2D eigenvalue weighted by Crippen LogP contribution is -2.52. The van der Waals surface area contributed by atoms with Gasteiger partial charge in [-0.25, -0.2) is 0 Å². The monoisotopic (exact) mass is 306 g/mol. The van der Waals surface area contributed by atoms with Crippen LogP contribution in [0.15, 0.2) is 17.5 Å². The first-order valence-corrected chi connectivity index (χ1v) is 9.72. The smallest absolute Gasteiger partial charge is 0.0113 e. The number of thiophene rings is 1. The first-order valence-electron chi connectivity index (χ1n) is 8.85. The second kappa shape index (κ2) is 7.75. The van der Waals surface area contributed by atoms with Crippen LogP contribution in [-0.2, 0) is 6.42 Å². The zero-order valence-corrected chi connectivity index (χ0v) is 14.1. The van der Waals surface area contributed by atoms with E-state index in [1.54, 1.807) is 0 Å². The molecule has 0 bridgehead atoms. The average Bonchev–Trinajstić information content (AvgIpc) is 3.01. The lowest BCUT2D eigenvalue weighted by atomic mass is 9.77. The minimum atomic E-state index is 0.595. The molecule has 2 aliphatic rings. The summed E-state index contributed by atoms with van der Waals surface area (Å²) in [5.41, 5.74) is 0. The number of hydrogen-bond acceptors (Lipinski definition) is 3. The van der Waals surface area contributed by atoms with Gasteiger partial charge in [-0.05, 0) is 62.9 Å². The van der Waals surface area contributed by atoms with Gasteiger partial charge in [0.15, 0.2) is 0 Å². The Labute approximate surface area is 133 Å². The molecule has 3 heteroatoms. The Morgan fingerprint density at radius 3 is 2.86 bits per heavy atom. The average molecular weight is 307 g/mol. The fraction of sp³-hybridized carbons (Fsp3) is 0.778. The molecule has 21 heavy (non-hydrogen) atoms. The van der Waals surface area contributed by atoms with Crippen LogP contribution >= 0.6 is 11.3 Å². The third-order valence-electron chi connectivity index (χ3n) is 5.27. The number of hydrogen-bond donors (Lipinski definition) is 2. The van der Waals surface area contributed by atoms with Gasteiger partial charge in [0.1, 0.15) is 0 Å². The Balaban J connectivity index is 1.55. The summed E-state index contributed by atoms with van der Waals surface area (Å²) in [7, 11) is 0. The fourth-order valence-corrected chi connectivity index (χ4v) is 5.08. The van der Waals surface area contributed by atoms with Gasteiger partial charge in [0.05, 0.1) is 0 Å². The molecule has 2 nitrogen and oxygen atoms in total. The molecule has 4 unspecified atom stereocenters. The molecule has 1 aliphatic carbocycles. The molecule has 0 spiro atoms. The zero-order chi connectivity index (χ0) is 14.5. The maximum atomic E-state index is 3.97. The van der Waals surface area contributed by atoms with Crippen molar-refractivity contribution >= 4 is 11.3 Å². The normalized spacial score (nSPS) is 32.0. The maximum absolute atomic E-state index is 3.97. The number of piperidine rings is 1. The molecule has 2 N–H and O–H groups in total. The first kappa shape index (κ1) is 15.5. The Kier molecular flexibility index (Phi) is 5.73. The van der Waals surface area contributed by atoms with Crippen LogP contribution in [0.25, 0.3) is 0 Å². The van der Waals surface area contributed by atoms with Gasteiger partial charge in [-0.1, -0.05) is 25.3 Å². The number of nitrogens with one attached hydrogen (secondary N) is 2. The van der Waals surface area contributed by atoms with Crippen molar-refractivity contribution in [1.82, 2.24) is 10.6 Å². The maximum Gasteiger partial charge on any atom is 0.0113 e. The second-order valence-corrected chi connectivity index (χ2v) is 7.99. The summed E-state index contributed by atoms with van der Waals surface area (Å²) < 4.78 is 0. The highest BCUT2D eigenvalue weighted by Gasteiger charge is 2.32. The second-order valence-electron chi connectivity index (χ2n) is 6.96.